The van der Waals surface area contributed by atoms with Crippen molar-refractivity contribution in [3.8, 4) is 28.6 Å². The Balaban J connectivity index is 1.49. The van der Waals surface area contributed by atoms with E-state index in [1.54, 1.807) is 20.4 Å². The van der Waals surface area contributed by atoms with Crippen molar-refractivity contribution < 1.29 is 14.3 Å². The van der Waals surface area contributed by atoms with Crippen LogP contribution in [0.3, 0.4) is 0 Å². The minimum Gasteiger partial charge on any atom is -0.497 e. The molecule has 0 saturated carbocycles. The quantitative estimate of drug-likeness (QED) is 0.191. The van der Waals surface area contributed by atoms with Gasteiger partial charge in [0.1, 0.15) is 11.5 Å². The molecule has 1 amide bonds. The van der Waals surface area contributed by atoms with E-state index in [4.69, 9.17) is 9.47 Å². The molecule has 1 heterocycles. The van der Waals surface area contributed by atoms with Gasteiger partial charge in [-0.2, -0.15) is 5.10 Å². The molecule has 4 aromatic rings. The van der Waals surface area contributed by atoms with E-state index in [1.165, 1.54) is 11.8 Å². The Morgan fingerprint density at radius 3 is 2.16 bits per heavy atom. The van der Waals surface area contributed by atoms with E-state index < -0.39 is 0 Å². The second-order valence-corrected chi connectivity index (χ2v) is 9.08. The van der Waals surface area contributed by atoms with E-state index >= 15 is 0 Å². The standard InChI is InChI=1S/C27H28N6O3S/c1-32(2)21-9-5-19(6-10-21)17-28-29-25(34)18-37-27-31-30-26(20-7-13-23(35-3)14-8-20)33(27)22-11-15-24(36-4)16-12-22/h5-17H,18H2,1-4H3,(H,29,34)/b28-17-. The molecule has 190 valence electrons. The van der Waals surface area contributed by atoms with Gasteiger partial charge in [-0.3, -0.25) is 9.36 Å². The Morgan fingerprint density at radius 2 is 1.57 bits per heavy atom. The SMILES string of the molecule is COc1ccc(-c2nnc(SCC(=O)N/N=C\c3ccc(N(C)C)cc3)n2-c2ccc(OC)cc2)cc1. The first kappa shape index (κ1) is 25.8. The van der Waals surface area contributed by atoms with Crippen LogP contribution >= 0.6 is 11.8 Å². The summed E-state index contributed by atoms with van der Waals surface area (Å²) in [4.78, 5) is 14.5. The largest absolute Gasteiger partial charge is 0.497 e. The maximum atomic E-state index is 12.5. The summed E-state index contributed by atoms with van der Waals surface area (Å²) in [5, 5.41) is 13.4. The smallest absolute Gasteiger partial charge is 0.250 e. The molecular weight excluding hydrogens is 488 g/mol. The molecule has 0 radical (unpaired) electrons. The van der Waals surface area contributed by atoms with Gasteiger partial charge in [-0.25, -0.2) is 5.43 Å². The minimum absolute atomic E-state index is 0.119. The van der Waals surface area contributed by atoms with E-state index in [2.05, 4.69) is 20.7 Å². The molecule has 0 atom stereocenters. The van der Waals surface area contributed by atoms with E-state index in [0.29, 0.717) is 11.0 Å². The number of benzene rings is 3. The molecule has 0 bridgehead atoms. The molecular formula is C27H28N6O3S. The molecule has 0 spiro atoms. The maximum absolute atomic E-state index is 12.5. The van der Waals surface area contributed by atoms with Crippen LogP contribution in [0.5, 0.6) is 11.5 Å². The number of ether oxygens (including phenoxy) is 2. The molecule has 0 aliphatic rings. The van der Waals surface area contributed by atoms with E-state index in [-0.39, 0.29) is 11.7 Å². The van der Waals surface area contributed by atoms with Gasteiger partial charge < -0.3 is 14.4 Å². The average Bonchev–Trinajstić information content (AvgIpc) is 3.36. The third-order valence-corrected chi connectivity index (χ3v) is 6.39. The fourth-order valence-corrected chi connectivity index (χ4v) is 4.20. The highest BCUT2D eigenvalue weighted by Crippen LogP contribution is 2.29. The summed E-state index contributed by atoms with van der Waals surface area (Å²) < 4.78 is 12.5. The monoisotopic (exact) mass is 516 g/mol. The normalized spacial score (nSPS) is 10.9. The number of hydrazone groups is 1. The second kappa shape index (κ2) is 12.1. The Kier molecular flexibility index (Phi) is 8.42. The van der Waals surface area contributed by atoms with Crippen LogP contribution in [0, 0.1) is 0 Å². The zero-order valence-electron chi connectivity index (χ0n) is 21.1. The van der Waals surface area contributed by atoms with Gasteiger partial charge in [-0.05, 0) is 66.2 Å². The van der Waals surface area contributed by atoms with Crippen LogP contribution in [0.25, 0.3) is 17.1 Å². The van der Waals surface area contributed by atoms with Crippen molar-refractivity contribution in [2.75, 3.05) is 39.0 Å². The summed E-state index contributed by atoms with van der Waals surface area (Å²) in [6.07, 6.45) is 1.61. The molecule has 9 nitrogen and oxygen atoms in total. The first-order valence-corrected chi connectivity index (χ1v) is 12.4. The summed E-state index contributed by atoms with van der Waals surface area (Å²) >= 11 is 1.28. The summed E-state index contributed by atoms with van der Waals surface area (Å²) in [6, 6.07) is 23.0. The number of thioether (sulfide) groups is 1. The average molecular weight is 517 g/mol. The van der Waals surface area contributed by atoms with Gasteiger partial charge in [0.05, 0.1) is 26.2 Å². The van der Waals surface area contributed by atoms with Gasteiger partial charge in [0, 0.05) is 31.0 Å². The molecule has 1 N–H and O–H groups in total. The van der Waals surface area contributed by atoms with Gasteiger partial charge in [0.2, 0.25) is 0 Å². The predicted molar refractivity (Wildman–Crippen MR) is 147 cm³/mol. The van der Waals surface area contributed by atoms with Gasteiger partial charge in [-0.15, -0.1) is 10.2 Å². The Morgan fingerprint density at radius 1 is 0.946 bits per heavy atom. The lowest BCUT2D eigenvalue weighted by Gasteiger charge is -2.11. The first-order valence-electron chi connectivity index (χ1n) is 11.4. The number of amides is 1. The second-order valence-electron chi connectivity index (χ2n) is 8.14. The lowest BCUT2D eigenvalue weighted by molar-refractivity contribution is -0.118. The van der Waals surface area contributed by atoms with Crippen LogP contribution in [0.1, 0.15) is 5.56 Å². The molecule has 0 unspecified atom stereocenters. The molecule has 0 aliphatic heterocycles. The van der Waals surface area contributed by atoms with E-state index in [9.17, 15) is 4.79 Å². The van der Waals surface area contributed by atoms with Gasteiger partial charge in [-0.1, -0.05) is 23.9 Å². The van der Waals surface area contributed by atoms with Crippen LogP contribution in [0.2, 0.25) is 0 Å². The Hall–Kier alpha value is -4.31. The summed E-state index contributed by atoms with van der Waals surface area (Å²) in [7, 11) is 7.21. The predicted octanol–water partition coefficient (Wildman–Crippen LogP) is 4.26. The molecule has 1 aromatic heterocycles. The van der Waals surface area contributed by atoms with Crippen LogP contribution in [0.4, 0.5) is 5.69 Å². The lowest BCUT2D eigenvalue weighted by Crippen LogP contribution is -2.20. The Bertz CT molecular complexity index is 1350. The fourth-order valence-electron chi connectivity index (χ4n) is 3.45. The molecule has 0 fully saturated rings. The van der Waals surface area contributed by atoms with Gasteiger partial charge in [0.15, 0.2) is 11.0 Å². The molecule has 10 heteroatoms. The van der Waals surface area contributed by atoms with Gasteiger partial charge in [0.25, 0.3) is 5.91 Å². The highest BCUT2D eigenvalue weighted by atomic mass is 32.2. The van der Waals surface area contributed by atoms with E-state index in [1.807, 2.05) is 96.4 Å². The summed E-state index contributed by atoms with van der Waals surface area (Å²) in [6.45, 7) is 0. The molecule has 0 saturated heterocycles. The number of rotatable bonds is 10. The van der Waals surface area contributed by atoms with Crippen molar-refractivity contribution in [1.29, 1.82) is 0 Å². The van der Waals surface area contributed by atoms with Crippen molar-refractivity contribution >= 4 is 29.6 Å². The number of anilines is 1. The van der Waals surface area contributed by atoms with Crippen molar-refractivity contribution in [3.05, 3.63) is 78.4 Å². The number of nitrogens with zero attached hydrogens (tertiary/aromatic N) is 5. The fraction of sp³-hybridized carbons (Fsp3) is 0.185. The van der Waals surface area contributed by atoms with Crippen molar-refractivity contribution in [2.45, 2.75) is 5.16 Å². The summed E-state index contributed by atoms with van der Waals surface area (Å²) in [5.74, 6) is 2.01. The number of nitrogens with one attached hydrogen (secondary N) is 1. The van der Waals surface area contributed by atoms with Crippen molar-refractivity contribution in [3.63, 3.8) is 0 Å². The van der Waals surface area contributed by atoms with Crippen molar-refractivity contribution in [2.24, 2.45) is 5.10 Å². The zero-order valence-corrected chi connectivity index (χ0v) is 21.9. The number of hydrogen-bond donors (Lipinski definition) is 1. The van der Waals surface area contributed by atoms with Crippen molar-refractivity contribution in [1.82, 2.24) is 20.2 Å². The van der Waals surface area contributed by atoms with Gasteiger partial charge >= 0.3 is 0 Å². The third kappa shape index (κ3) is 6.47. The number of carbonyl (C=O) groups is 1. The number of methoxy groups -OCH3 is 2. The van der Waals surface area contributed by atoms with Crippen LogP contribution in [-0.2, 0) is 4.79 Å². The molecule has 3 aromatic carbocycles. The number of carbonyl (C=O) groups excluding carboxylic acids is 1. The van der Waals surface area contributed by atoms with Crippen LogP contribution < -0.4 is 19.8 Å². The Labute approximate surface area is 220 Å². The van der Waals surface area contributed by atoms with Crippen LogP contribution in [0.15, 0.2) is 83.1 Å². The lowest BCUT2D eigenvalue weighted by atomic mass is 10.2. The molecule has 4 rings (SSSR count). The third-order valence-electron chi connectivity index (χ3n) is 5.46. The van der Waals surface area contributed by atoms with E-state index in [0.717, 1.165) is 34.0 Å². The number of aromatic nitrogens is 3. The highest BCUT2D eigenvalue weighted by Gasteiger charge is 2.17. The summed E-state index contributed by atoms with van der Waals surface area (Å²) in [5.41, 5.74) is 6.27. The molecule has 37 heavy (non-hydrogen) atoms. The topological polar surface area (TPSA) is 93.9 Å². The maximum Gasteiger partial charge on any atom is 0.250 e. The first-order chi connectivity index (χ1) is 18.0. The van der Waals surface area contributed by atoms with Crippen LogP contribution in [-0.4, -0.2) is 61.0 Å². The zero-order chi connectivity index (χ0) is 26.2. The molecule has 0 aliphatic carbocycles. The number of hydrogen-bond acceptors (Lipinski definition) is 8. The minimum atomic E-state index is -0.249. The highest BCUT2D eigenvalue weighted by molar-refractivity contribution is 7.99.